The molecule has 2 aromatic carbocycles. The smallest absolute Gasteiger partial charge is 0.262 e. The summed E-state index contributed by atoms with van der Waals surface area (Å²) in [5.41, 5.74) is 1.75. The average Bonchev–Trinajstić information content (AvgIpc) is 3.29. The predicted octanol–water partition coefficient (Wildman–Crippen LogP) is 4.99. The van der Waals surface area contributed by atoms with E-state index < -0.39 is 0 Å². The van der Waals surface area contributed by atoms with Crippen LogP contribution in [0.4, 0.5) is 5.69 Å². The van der Waals surface area contributed by atoms with E-state index >= 15 is 0 Å². The molecule has 1 fully saturated rings. The molecule has 1 aliphatic heterocycles. The van der Waals surface area contributed by atoms with E-state index in [1.165, 1.54) is 5.56 Å². The SMILES string of the molecule is CCOc1ccc(OCC)c(NC(=O)COc2ccc(C3SCCS3)cc2OC)c1. The molecule has 0 spiro atoms. The van der Waals surface area contributed by atoms with Crippen molar-refractivity contribution < 1.29 is 23.7 Å². The van der Waals surface area contributed by atoms with Gasteiger partial charge in [0.25, 0.3) is 5.91 Å². The number of thioether (sulfide) groups is 2. The number of rotatable bonds is 10. The zero-order valence-corrected chi connectivity index (χ0v) is 19.1. The number of anilines is 1. The fourth-order valence-corrected chi connectivity index (χ4v) is 5.81. The van der Waals surface area contributed by atoms with Gasteiger partial charge in [-0.2, -0.15) is 0 Å². The van der Waals surface area contributed by atoms with Gasteiger partial charge in [0, 0.05) is 17.6 Å². The molecule has 0 bridgehead atoms. The lowest BCUT2D eigenvalue weighted by Gasteiger charge is -2.16. The van der Waals surface area contributed by atoms with Crippen molar-refractivity contribution >= 4 is 35.1 Å². The Bertz CT molecular complexity index is 855. The number of nitrogens with one attached hydrogen (secondary N) is 1. The summed E-state index contributed by atoms with van der Waals surface area (Å²) in [6.07, 6.45) is 0. The highest BCUT2D eigenvalue weighted by molar-refractivity contribution is 8.19. The summed E-state index contributed by atoms with van der Waals surface area (Å²) >= 11 is 3.86. The maximum Gasteiger partial charge on any atom is 0.262 e. The molecule has 0 saturated carbocycles. The van der Waals surface area contributed by atoms with Crippen LogP contribution in [0.25, 0.3) is 0 Å². The van der Waals surface area contributed by atoms with Crippen LogP contribution in [0.5, 0.6) is 23.0 Å². The Morgan fingerprint density at radius 2 is 1.70 bits per heavy atom. The number of amides is 1. The standard InChI is InChI=1S/C22H27NO5S2/c1-4-26-16-7-9-18(27-5-2)17(13-16)23-21(24)14-28-19-8-6-15(12-20(19)25-3)22-29-10-11-30-22/h6-9,12-13,22H,4-5,10-11,14H2,1-3H3,(H,23,24). The number of hydrogen-bond donors (Lipinski definition) is 1. The quantitative estimate of drug-likeness (QED) is 0.548. The van der Waals surface area contributed by atoms with E-state index in [-0.39, 0.29) is 12.5 Å². The Kier molecular flexibility index (Phi) is 8.45. The lowest BCUT2D eigenvalue weighted by molar-refractivity contribution is -0.118. The fraction of sp³-hybridized carbons (Fsp3) is 0.409. The minimum Gasteiger partial charge on any atom is -0.494 e. The van der Waals surface area contributed by atoms with Crippen LogP contribution in [0.15, 0.2) is 36.4 Å². The van der Waals surface area contributed by atoms with Gasteiger partial charge in [-0.05, 0) is 43.7 Å². The summed E-state index contributed by atoms with van der Waals surface area (Å²) in [5.74, 6) is 4.44. The molecule has 2 aromatic rings. The Morgan fingerprint density at radius 1 is 0.967 bits per heavy atom. The van der Waals surface area contributed by atoms with Crippen molar-refractivity contribution in [3.8, 4) is 23.0 Å². The molecule has 1 aliphatic rings. The zero-order valence-electron chi connectivity index (χ0n) is 17.4. The number of hydrogen-bond acceptors (Lipinski definition) is 7. The highest BCUT2D eigenvalue weighted by atomic mass is 32.2. The molecule has 0 aromatic heterocycles. The van der Waals surface area contributed by atoms with Gasteiger partial charge >= 0.3 is 0 Å². The van der Waals surface area contributed by atoms with Crippen LogP contribution in [0, 0.1) is 0 Å². The van der Waals surface area contributed by atoms with Crippen molar-refractivity contribution in [1.29, 1.82) is 0 Å². The fourth-order valence-electron chi connectivity index (χ4n) is 2.98. The molecule has 0 aliphatic carbocycles. The van der Waals surface area contributed by atoms with E-state index in [1.807, 2.05) is 61.6 Å². The highest BCUT2D eigenvalue weighted by Crippen LogP contribution is 2.46. The molecule has 30 heavy (non-hydrogen) atoms. The molecule has 0 radical (unpaired) electrons. The van der Waals surface area contributed by atoms with Crippen LogP contribution in [-0.4, -0.2) is 44.3 Å². The lowest BCUT2D eigenvalue weighted by Crippen LogP contribution is -2.21. The summed E-state index contributed by atoms with van der Waals surface area (Å²) in [4.78, 5) is 12.5. The van der Waals surface area contributed by atoms with Crippen molar-refractivity contribution in [2.75, 3.05) is 43.8 Å². The minimum atomic E-state index is -0.294. The van der Waals surface area contributed by atoms with Crippen molar-refractivity contribution in [2.24, 2.45) is 0 Å². The van der Waals surface area contributed by atoms with Crippen LogP contribution in [-0.2, 0) is 4.79 Å². The van der Waals surface area contributed by atoms with Gasteiger partial charge in [-0.3, -0.25) is 4.79 Å². The van der Waals surface area contributed by atoms with Crippen LogP contribution in [0.3, 0.4) is 0 Å². The predicted molar refractivity (Wildman–Crippen MR) is 124 cm³/mol. The number of carbonyl (C=O) groups is 1. The van der Waals surface area contributed by atoms with Crippen molar-refractivity contribution in [3.05, 3.63) is 42.0 Å². The summed E-state index contributed by atoms with van der Waals surface area (Å²) in [6, 6.07) is 11.2. The third-order valence-electron chi connectivity index (χ3n) is 4.28. The summed E-state index contributed by atoms with van der Waals surface area (Å²) in [6.45, 7) is 4.69. The summed E-state index contributed by atoms with van der Waals surface area (Å²) in [5, 5.41) is 2.84. The molecule has 8 heteroatoms. The van der Waals surface area contributed by atoms with E-state index in [2.05, 4.69) is 5.32 Å². The largest absolute Gasteiger partial charge is 0.494 e. The first-order valence-electron chi connectivity index (χ1n) is 9.88. The van der Waals surface area contributed by atoms with Crippen molar-refractivity contribution in [2.45, 2.75) is 18.4 Å². The van der Waals surface area contributed by atoms with Gasteiger partial charge in [0.15, 0.2) is 18.1 Å². The van der Waals surface area contributed by atoms with Gasteiger partial charge in [-0.1, -0.05) is 6.07 Å². The number of carbonyl (C=O) groups excluding carboxylic acids is 1. The molecular weight excluding hydrogens is 422 g/mol. The highest BCUT2D eigenvalue weighted by Gasteiger charge is 2.20. The van der Waals surface area contributed by atoms with Crippen LogP contribution >= 0.6 is 23.5 Å². The van der Waals surface area contributed by atoms with Gasteiger partial charge in [-0.25, -0.2) is 0 Å². The molecular formula is C22H27NO5S2. The normalized spacial score (nSPS) is 13.7. The number of benzene rings is 2. The molecule has 1 heterocycles. The Balaban J connectivity index is 1.65. The first kappa shape index (κ1) is 22.5. The monoisotopic (exact) mass is 449 g/mol. The van der Waals surface area contributed by atoms with Crippen molar-refractivity contribution in [1.82, 2.24) is 0 Å². The van der Waals surface area contributed by atoms with Crippen LogP contribution in [0.1, 0.15) is 24.0 Å². The van der Waals surface area contributed by atoms with Gasteiger partial charge in [0.05, 0.1) is 30.6 Å². The van der Waals surface area contributed by atoms with E-state index in [4.69, 9.17) is 18.9 Å². The van der Waals surface area contributed by atoms with Crippen molar-refractivity contribution in [3.63, 3.8) is 0 Å². The Morgan fingerprint density at radius 3 is 2.40 bits per heavy atom. The summed E-state index contributed by atoms with van der Waals surface area (Å²) in [7, 11) is 1.61. The molecule has 3 rings (SSSR count). The Hall–Kier alpha value is -2.19. The molecule has 1 amide bonds. The van der Waals surface area contributed by atoms with E-state index in [0.717, 1.165) is 11.5 Å². The zero-order chi connectivity index (χ0) is 21.3. The van der Waals surface area contributed by atoms with Gasteiger partial charge in [-0.15, -0.1) is 23.5 Å². The third-order valence-corrected chi connectivity index (χ3v) is 7.38. The Labute approximate surface area is 186 Å². The molecule has 0 unspecified atom stereocenters. The van der Waals surface area contributed by atoms with E-state index in [0.29, 0.717) is 46.5 Å². The molecule has 162 valence electrons. The second-order valence-corrected chi connectivity index (χ2v) is 9.07. The topological polar surface area (TPSA) is 66.0 Å². The van der Waals surface area contributed by atoms with Crippen LogP contribution in [0.2, 0.25) is 0 Å². The average molecular weight is 450 g/mol. The van der Waals surface area contributed by atoms with E-state index in [1.54, 1.807) is 19.2 Å². The lowest BCUT2D eigenvalue weighted by atomic mass is 10.2. The first-order chi connectivity index (χ1) is 14.6. The first-order valence-corrected chi connectivity index (χ1v) is 12.0. The second kappa shape index (κ2) is 11.3. The summed E-state index contributed by atoms with van der Waals surface area (Å²) < 4.78 is 22.7. The molecule has 0 atom stereocenters. The second-order valence-electron chi connectivity index (χ2n) is 6.34. The molecule has 1 N–H and O–H groups in total. The maximum absolute atomic E-state index is 12.5. The van der Waals surface area contributed by atoms with Crippen LogP contribution < -0.4 is 24.3 Å². The van der Waals surface area contributed by atoms with Gasteiger partial charge in [0.1, 0.15) is 11.5 Å². The maximum atomic E-state index is 12.5. The number of methoxy groups -OCH3 is 1. The van der Waals surface area contributed by atoms with Gasteiger partial charge in [0.2, 0.25) is 0 Å². The molecule has 1 saturated heterocycles. The minimum absolute atomic E-state index is 0.146. The van der Waals surface area contributed by atoms with Gasteiger partial charge < -0.3 is 24.3 Å². The number of ether oxygens (including phenoxy) is 4. The third kappa shape index (κ3) is 5.92. The molecule has 6 nitrogen and oxygen atoms in total. The van der Waals surface area contributed by atoms with E-state index in [9.17, 15) is 4.79 Å².